The summed E-state index contributed by atoms with van der Waals surface area (Å²) in [5, 5.41) is 0. The van der Waals surface area contributed by atoms with Crippen LogP contribution in [0.15, 0.2) is 18.2 Å². The quantitative estimate of drug-likeness (QED) is 0.779. The van der Waals surface area contributed by atoms with Crippen molar-refractivity contribution < 1.29 is 13.9 Å². The SMILES string of the molecule is COC1(C(=O)Cc2cc(F)ccc2C)CCCCCC1. The lowest BCUT2D eigenvalue weighted by molar-refractivity contribution is -0.142. The van der Waals surface area contributed by atoms with E-state index in [9.17, 15) is 9.18 Å². The Balaban J connectivity index is 2.18. The molecule has 2 nitrogen and oxygen atoms in total. The van der Waals surface area contributed by atoms with Gasteiger partial charge in [0.2, 0.25) is 0 Å². The van der Waals surface area contributed by atoms with Gasteiger partial charge in [0.25, 0.3) is 0 Å². The number of hydrogen-bond acceptors (Lipinski definition) is 2. The number of methoxy groups -OCH3 is 1. The Morgan fingerprint density at radius 2 is 1.90 bits per heavy atom. The number of halogens is 1. The molecule has 0 atom stereocenters. The van der Waals surface area contributed by atoms with Gasteiger partial charge < -0.3 is 4.74 Å². The van der Waals surface area contributed by atoms with Gasteiger partial charge in [-0.1, -0.05) is 31.7 Å². The maximum absolute atomic E-state index is 13.3. The highest BCUT2D eigenvalue weighted by Gasteiger charge is 2.38. The third kappa shape index (κ3) is 3.26. The van der Waals surface area contributed by atoms with Crippen LogP contribution in [-0.4, -0.2) is 18.5 Å². The molecular weight excluding hydrogens is 255 g/mol. The molecule has 0 saturated heterocycles. The van der Waals surface area contributed by atoms with Gasteiger partial charge in [-0.3, -0.25) is 4.79 Å². The summed E-state index contributed by atoms with van der Waals surface area (Å²) in [5.41, 5.74) is 1.07. The van der Waals surface area contributed by atoms with Crippen LogP contribution in [0.2, 0.25) is 0 Å². The Morgan fingerprint density at radius 1 is 1.25 bits per heavy atom. The summed E-state index contributed by atoms with van der Waals surface area (Å²) in [5.74, 6) is -0.193. The van der Waals surface area contributed by atoms with Gasteiger partial charge in [0, 0.05) is 13.5 Å². The summed E-state index contributed by atoms with van der Waals surface area (Å²) in [6.07, 6.45) is 6.23. The Morgan fingerprint density at radius 3 is 2.50 bits per heavy atom. The van der Waals surface area contributed by atoms with Crippen LogP contribution >= 0.6 is 0 Å². The van der Waals surface area contributed by atoms with Crippen LogP contribution < -0.4 is 0 Å². The van der Waals surface area contributed by atoms with Gasteiger partial charge in [-0.2, -0.15) is 0 Å². The van der Waals surface area contributed by atoms with Crippen LogP contribution in [-0.2, 0) is 16.0 Å². The molecule has 2 rings (SSSR count). The highest BCUT2D eigenvalue weighted by atomic mass is 19.1. The molecule has 1 aliphatic carbocycles. The average molecular weight is 278 g/mol. The molecule has 0 bridgehead atoms. The molecule has 0 unspecified atom stereocenters. The molecule has 1 saturated carbocycles. The van der Waals surface area contributed by atoms with Crippen LogP contribution in [0.25, 0.3) is 0 Å². The molecule has 20 heavy (non-hydrogen) atoms. The summed E-state index contributed by atoms with van der Waals surface area (Å²) < 4.78 is 19.0. The van der Waals surface area contributed by atoms with Crippen molar-refractivity contribution in [2.45, 2.75) is 57.5 Å². The fourth-order valence-electron chi connectivity index (χ4n) is 3.06. The standard InChI is InChI=1S/C17H23FO2/c1-13-7-8-15(18)11-14(13)12-16(19)17(20-2)9-5-3-4-6-10-17/h7-8,11H,3-6,9-10,12H2,1-2H3. The minimum Gasteiger partial charge on any atom is -0.370 e. The normalized spacial score (nSPS) is 18.6. The van der Waals surface area contributed by atoms with Gasteiger partial charge in [0.05, 0.1) is 0 Å². The first kappa shape index (κ1) is 15.2. The number of aryl methyl sites for hydroxylation is 1. The van der Waals surface area contributed by atoms with E-state index in [0.29, 0.717) is 0 Å². The summed E-state index contributed by atoms with van der Waals surface area (Å²) >= 11 is 0. The van der Waals surface area contributed by atoms with Crippen molar-refractivity contribution in [1.29, 1.82) is 0 Å². The highest BCUT2D eigenvalue weighted by Crippen LogP contribution is 2.32. The molecule has 0 aliphatic heterocycles. The fourth-order valence-corrected chi connectivity index (χ4v) is 3.06. The third-order valence-electron chi connectivity index (χ3n) is 4.47. The summed E-state index contributed by atoms with van der Waals surface area (Å²) in [7, 11) is 1.63. The maximum Gasteiger partial charge on any atom is 0.168 e. The first-order chi connectivity index (χ1) is 9.57. The molecule has 1 fully saturated rings. The van der Waals surface area contributed by atoms with Gasteiger partial charge in [-0.15, -0.1) is 0 Å². The Labute approximate surface area is 120 Å². The van der Waals surface area contributed by atoms with Crippen molar-refractivity contribution in [2.75, 3.05) is 7.11 Å². The Hall–Kier alpha value is -1.22. The number of ketones is 1. The van der Waals surface area contributed by atoms with Crippen LogP contribution in [0.3, 0.4) is 0 Å². The number of hydrogen-bond donors (Lipinski definition) is 0. The lowest BCUT2D eigenvalue weighted by Crippen LogP contribution is -2.41. The zero-order chi connectivity index (χ0) is 14.6. The van der Waals surface area contributed by atoms with Crippen LogP contribution in [0.4, 0.5) is 4.39 Å². The van der Waals surface area contributed by atoms with Crippen molar-refractivity contribution in [2.24, 2.45) is 0 Å². The van der Waals surface area contributed by atoms with Crippen LogP contribution in [0.1, 0.15) is 49.7 Å². The molecule has 110 valence electrons. The monoisotopic (exact) mass is 278 g/mol. The molecule has 1 aromatic carbocycles. The van der Waals surface area contributed by atoms with E-state index < -0.39 is 5.60 Å². The van der Waals surface area contributed by atoms with Gasteiger partial charge >= 0.3 is 0 Å². The van der Waals surface area contributed by atoms with Crippen molar-refractivity contribution in [3.8, 4) is 0 Å². The zero-order valence-electron chi connectivity index (χ0n) is 12.4. The van der Waals surface area contributed by atoms with E-state index in [2.05, 4.69) is 0 Å². The maximum atomic E-state index is 13.3. The number of carbonyl (C=O) groups excluding carboxylic acids is 1. The second-order valence-corrected chi connectivity index (χ2v) is 5.78. The molecule has 3 heteroatoms. The lowest BCUT2D eigenvalue weighted by Gasteiger charge is -2.30. The van der Waals surface area contributed by atoms with Gasteiger partial charge in [0.1, 0.15) is 11.4 Å². The first-order valence-electron chi connectivity index (χ1n) is 7.41. The fraction of sp³-hybridized carbons (Fsp3) is 0.588. The number of benzene rings is 1. The van der Waals surface area contributed by atoms with Crippen molar-refractivity contribution in [3.63, 3.8) is 0 Å². The number of rotatable bonds is 4. The van der Waals surface area contributed by atoms with Gasteiger partial charge in [0.15, 0.2) is 5.78 Å². The third-order valence-corrected chi connectivity index (χ3v) is 4.47. The molecule has 0 aromatic heterocycles. The average Bonchev–Trinajstić information content (AvgIpc) is 2.69. The Kier molecular flexibility index (Phi) is 4.92. The minimum absolute atomic E-state index is 0.0931. The van der Waals surface area contributed by atoms with E-state index >= 15 is 0 Å². The molecule has 0 spiro atoms. The summed E-state index contributed by atoms with van der Waals surface area (Å²) in [6.45, 7) is 1.91. The molecule has 0 radical (unpaired) electrons. The van der Waals surface area contributed by atoms with E-state index in [0.717, 1.165) is 49.7 Å². The van der Waals surface area contributed by atoms with E-state index in [1.54, 1.807) is 13.2 Å². The van der Waals surface area contributed by atoms with Crippen LogP contribution in [0, 0.1) is 12.7 Å². The summed E-state index contributed by atoms with van der Waals surface area (Å²) in [4.78, 5) is 12.7. The molecule has 1 aromatic rings. The second kappa shape index (κ2) is 6.49. The van der Waals surface area contributed by atoms with E-state index in [4.69, 9.17) is 4.74 Å². The van der Waals surface area contributed by atoms with Crippen molar-refractivity contribution >= 4 is 5.78 Å². The van der Waals surface area contributed by atoms with Gasteiger partial charge in [-0.05, 0) is 43.0 Å². The first-order valence-corrected chi connectivity index (χ1v) is 7.41. The molecule has 0 N–H and O–H groups in total. The number of Topliss-reactive ketones (excluding diaryl/α,β-unsaturated/α-hetero) is 1. The number of carbonyl (C=O) groups is 1. The van der Waals surface area contributed by atoms with Crippen LogP contribution in [0.5, 0.6) is 0 Å². The lowest BCUT2D eigenvalue weighted by atomic mass is 9.85. The predicted octanol–water partition coefficient (Wildman–Crippen LogP) is 3.99. The number of ether oxygens (including phenoxy) is 1. The zero-order valence-corrected chi connectivity index (χ0v) is 12.4. The van der Waals surface area contributed by atoms with Crippen molar-refractivity contribution in [3.05, 3.63) is 35.1 Å². The molecular formula is C17H23FO2. The van der Waals surface area contributed by atoms with Crippen molar-refractivity contribution in [1.82, 2.24) is 0 Å². The molecule has 0 amide bonds. The molecule has 1 aliphatic rings. The Bertz CT molecular complexity index is 474. The topological polar surface area (TPSA) is 26.3 Å². The van der Waals surface area contributed by atoms with Gasteiger partial charge in [-0.25, -0.2) is 4.39 Å². The predicted molar refractivity (Wildman–Crippen MR) is 77.3 cm³/mol. The highest BCUT2D eigenvalue weighted by molar-refractivity contribution is 5.89. The van der Waals surface area contributed by atoms with E-state index in [1.165, 1.54) is 12.1 Å². The minimum atomic E-state index is -0.657. The summed E-state index contributed by atoms with van der Waals surface area (Å²) in [6, 6.07) is 4.62. The van der Waals surface area contributed by atoms with E-state index in [1.807, 2.05) is 6.92 Å². The van der Waals surface area contributed by atoms with E-state index in [-0.39, 0.29) is 18.0 Å². The second-order valence-electron chi connectivity index (χ2n) is 5.78. The smallest absolute Gasteiger partial charge is 0.168 e. The largest absolute Gasteiger partial charge is 0.370 e. The molecule has 0 heterocycles.